The Morgan fingerprint density at radius 1 is 1.10 bits per heavy atom. The zero-order valence-corrected chi connectivity index (χ0v) is 16.7. The molecule has 0 radical (unpaired) electrons. The summed E-state index contributed by atoms with van der Waals surface area (Å²) in [5, 5.41) is 25.9. The molecule has 5 rings (SSSR count). The minimum atomic E-state index is 0.150. The number of nitrogens with zero attached hydrogens (tertiary/aromatic N) is 6. The molecule has 150 valence electrons. The van der Waals surface area contributed by atoms with Crippen LogP contribution < -0.4 is 4.90 Å². The van der Waals surface area contributed by atoms with E-state index >= 15 is 0 Å². The van der Waals surface area contributed by atoms with Crippen LogP contribution in [0.3, 0.4) is 0 Å². The third kappa shape index (κ3) is 3.23. The Morgan fingerprint density at radius 3 is 2.69 bits per heavy atom. The number of H-pyrrole nitrogens is 1. The predicted octanol–water partition coefficient (Wildman–Crippen LogP) is 2.41. The summed E-state index contributed by atoms with van der Waals surface area (Å²) in [6, 6.07) is 6.12. The Labute approximate surface area is 169 Å². The number of phenols is 1. The lowest BCUT2D eigenvalue weighted by Gasteiger charge is -2.26. The number of hydrogen-bond donors (Lipinski definition) is 2. The average Bonchev–Trinajstić information content (AvgIpc) is 3.45. The molecule has 2 fully saturated rings. The quantitative estimate of drug-likeness (QED) is 0.705. The van der Waals surface area contributed by atoms with Gasteiger partial charge in [0.05, 0.1) is 12.4 Å². The molecule has 3 atom stereocenters. The van der Waals surface area contributed by atoms with Crippen LogP contribution in [0.4, 0.5) is 5.95 Å². The average molecular weight is 391 g/mol. The number of hydrogen-bond acceptors (Lipinski definition) is 7. The largest absolute Gasteiger partial charge is 0.507 e. The minimum absolute atomic E-state index is 0.150. The molecule has 1 saturated carbocycles. The monoisotopic (exact) mass is 391 g/mol. The lowest BCUT2D eigenvalue weighted by atomic mass is 9.97. The first-order chi connectivity index (χ1) is 14.1. The number of rotatable bonds is 4. The third-order valence-electron chi connectivity index (χ3n) is 6.42. The van der Waals surface area contributed by atoms with Crippen molar-refractivity contribution in [1.82, 2.24) is 30.3 Å². The number of aromatic amines is 1. The highest BCUT2D eigenvalue weighted by Gasteiger charge is 2.44. The van der Waals surface area contributed by atoms with Gasteiger partial charge in [-0.25, -0.2) is 4.98 Å². The van der Waals surface area contributed by atoms with Crippen LogP contribution in [0, 0.1) is 11.8 Å². The van der Waals surface area contributed by atoms with Gasteiger partial charge in [-0.1, -0.05) is 6.07 Å². The fourth-order valence-corrected chi connectivity index (χ4v) is 4.92. The van der Waals surface area contributed by atoms with Gasteiger partial charge in [0, 0.05) is 36.5 Å². The summed E-state index contributed by atoms with van der Waals surface area (Å²) in [7, 11) is 4.35. The molecule has 1 aliphatic carbocycles. The number of fused-ring (bicyclic) bond motifs is 1. The van der Waals surface area contributed by atoms with Gasteiger partial charge < -0.3 is 14.9 Å². The molecule has 3 aromatic rings. The number of nitrogens with one attached hydrogen (secondary N) is 1. The molecule has 1 saturated heterocycles. The Kier molecular flexibility index (Phi) is 4.43. The van der Waals surface area contributed by atoms with E-state index in [0.29, 0.717) is 35.1 Å². The molecule has 2 N–H and O–H groups in total. The highest BCUT2D eigenvalue weighted by atomic mass is 16.3. The van der Waals surface area contributed by atoms with Crippen LogP contribution >= 0.6 is 0 Å². The Bertz CT molecular complexity index is 987. The molecule has 1 aliphatic heterocycles. The molecule has 0 amide bonds. The zero-order chi connectivity index (χ0) is 20.0. The van der Waals surface area contributed by atoms with Crippen LogP contribution in [0.25, 0.3) is 22.4 Å². The van der Waals surface area contributed by atoms with Crippen LogP contribution in [-0.2, 0) is 0 Å². The van der Waals surface area contributed by atoms with Crippen molar-refractivity contribution in [2.75, 3.05) is 32.1 Å². The molecule has 0 bridgehead atoms. The molecule has 8 nitrogen and oxygen atoms in total. The molecule has 8 heteroatoms. The fraction of sp³-hybridized carbons (Fsp3) is 0.429. The molecular formula is C21H25N7O. The lowest BCUT2D eigenvalue weighted by Crippen LogP contribution is -2.35. The van der Waals surface area contributed by atoms with Crippen LogP contribution in [0.15, 0.2) is 36.8 Å². The number of benzene rings is 1. The van der Waals surface area contributed by atoms with Crippen molar-refractivity contribution >= 4 is 5.95 Å². The van der Waals surface area contributed by atoms with E-state index < -0.39 is 0 Å². The van der Waals surface area contributed by atoms with E-state index in [1.54, 1.807) is 24.7 Å². The van der Waals surface area contributed by atoms with Crippen molar-refractivity contribution in [2.45, 2.75) is 18.9 Å². The van der Waals surface area contributed by atoms with E-state index in [1.165, 1.54) is 12.8 Å². The highest BCUT2D eigenvalue weighted by Crippen LogP contribution is 2.41. The third-order valence-corrected chi connectivity index (χ3v) is 6.42. The number of phenolic OH excluding ortho intramolecular Hbond substituents is 1. The first-order valence-corrected chi connectivity index (χ1v) is 10.0. The maximum absolute atomic E-state index is 10.5. The van der Waals surface area contributed by atoms with Gasteiger partial charge in [0.15, 0.2) is 0 Å². The van der Waals surface area contributed by atoms with E-state index in [4.69, 9.17) is 0 Å². The molecule has 2 aromatic heterocycles. The van der Waals surface area contributed by atoms with E-state index in [2.05, 4.69) is 49.3 Å². The van der Waals surface area contributed by atoms with Gasteiger partial charge in [0.1, 0.15) is 11.4 Å². The minimum Gasteiger partial charge on any atom is -0.507 e. The van der Waals surface area contributed by atoms with Crippen molar-refractivity contribution in [3.05, 3.63) is 36.8 Å². The first-order valence-electron chi connectivity index (χ1n) is 10.0. The normalized spacial score (nSPS) is 23.7. The predicted molar refractivity (Wildman–Crippen MR) is 110 cm³/mol. The van der Waals surface area contributed by atoms with Crippen molar-refractivity contribution in [2.24, 2.45) is 11.8 Å². The number of aromatic hydroxyl groups is 1. The highest BCUT2D eigenvalue weighted by molar-refractivity contribution is 5.73. The second kappa shape index (κ2) is 7.11. The summed E-state index contributed by atoms with van der Waals surface area (Å²) in [5.41, 5.74) is 2.99. The van der Waals surface area contributed by atoms with Crippen LogP contribution in [0.2, 0.25) is 0 Å². The van der Waals surface area contributed by atoms with Crippen molar-refractivity contribution < 1.29 is 5.11 Å². The first kappa shape index (κ1) is 18.1. The second-order valence-corrected chi connectivity index (χ2v) is 8.30. The number of aromatic nitrogens is 5. The summed E-state index contributed by atoms with van der Waals surface area (Å²) >= 11 is 0. The molecule has 0 unspecified atom stereocenters. The van der Waals surface area contributed by atoms with E-state index in [1.807, 2.05) is 12.1 Å². The van der Waals surface area contributed by atoms with Gasteiger partial charge in [-0.15, -0.1) is 10.2 Å². The standard InChI is InChI=1S/C21H25N7O/c1-27(2)19-6-4-14-11-28(12-17(14)19)21-22-10-18(25-26-21)16-5-3-13(7-20(16)29)15-8-23-24-9-15/h3,5,7-10,14,17,19,29H,4,6,11-12H2,1-2H3,(H,23,24)/t14-,17+,19+/m1/s1. The Hall–Kier alpha value is -3.00. The van der Waals surface area contributed by atoms with Gasteiger partial charge in [0.2, 0.25) is 5.95 Å². The van der Waals surface area contributed by atoms with E-state index in [0.717, 1.165) is 24.2 Å². The van der Waals surface area contributed by atoms with Crippen LogP contribution in [0.1, 0.15) is 12.8 Å². The van der Waals surface area contributed by atoms with Crippen molar-refractivity contribution in [3.63, 3.8) is 0 Å². The molecule has 29 heavy (non-hydrogen) atoms. The smallest absolute Gasteiger partial charge is 0.245 e. The van der Waals surface area contributed by atoms with Crippen LogP contribution in [-0.4, -0.2) is 68.6 Å². The fourth-order valence-electron chi connectivity index (χ4n) is 4.92. The summed E-state index contributed by atoms with van der Waals surface area (Å²) < 4.78 is 0. The lowest BCUT2D eigenvalue weighted by molar-refractivity contribution is 0.237. The molecule has 1 aromatic carbocycles. The SMILES string of the molecule is CN(C)[C@H]1CC[C@@H]2CN(c3ncc(-c4ccc(-c5cn[nH]c5)cc4O)nn3)C[C@@H]21. The summed E-state index contributed by atoms with van der Waals surface area (Å²) in [4.78, 5) is 9.17. The van der Waals surface area contributed by atoms with E-state index in [-0.39, 0.29) is 5.75 Å². The Morgan fingerprint density at radius 2 is 2.00 bits per heavy atom. The van der Waals surface area contributed by atoms with Gasteiger partial charge in [-0.2, -0.15) is 5.10 Å². The van der Waals surface area contributed by atoms with Crippen molar-refractivity contribution in [1.29, 1.82) is 0 Å². The van der Waals surface area contributed by atoms with E-state index in [9.17, 15) is 5.11 Å². The summed E-state index contributed by atoms with van der Waals surface area (Å²) in [6.45, 7) is 1.99. The van der Waals surface area contributed by atoms with Gasteiger partial charge in [-0.05, 0) is 56.5 Å². The number of anilines is 1. The Balaban J connectivity index is 1.34. The molecular weight excluding hydrogens is 366 g/mol. The maximum atomic E-state index is 10.5. The van der Waals surface area contributed by atoms with Crippen LogP contribution in [0.5, 0.6) is 5.75 Å². The van der Waals surface area contributed by atoms with Crippen molar-refractivity contribution in [3.8, 4) is 28.1 Å². The summed E-state index contributed by atoms with van der Waals surface area (Å²) in [6.07, 6.45) is 7.76. The molecule has 3 heterocycles. The van der Waals surface area contributed by atoms with Gasteiger partial charge in [-0.3, -0.25) is 5.10 Å². The summed E-state index contributed by atoms with van der Waals surface area (Å²) in [5.74, 6) is 2.21. The second-order valence-electron chi connectivity index (χ2n) is 8.30. The van der Waals surface area contributed by atoms with Gasteiger partial charge in [0.25, 0.3) is 0 Å². The molecule has 2 aliphatic rings. The molecule has 0 spiro atoms. The topological polar surface area (TPSA) is 94.1 Å². The van der Waals surface area contributed by atoms with Gasteiger partial charge >= 0.3 is 0 Å². The zero-order valence-electron chi connectivity index (χ0n) is 16.7. The maximum Gasteiger partial charge on any atom is 0.245 e.